The zero-order valence-electron chi connectivity index (χ0n) is 18.0. The molecule has 0 radical (unpaired) electrons. The molecule has 4 rings (SSSR count). The minimum atomic E-state index is -1.11. The number of rotatable bonds is 5. The lowest BCUT2D eigenvalue weighted by Crippen LogP contribution is -2.30. The quantitative estimate of drug-likeness (QED) is 0.329. The maximum atomic E-state index is 14.9. The van der Waals surface area contributed by atoms with Crippen molar-refractivity contribution >= 4 is 0 Å². The van der Waals surface area contributed by atoms with Crippen LogP contribution in [0.25, 0.3) is 11.1 Å². The average molecular weight is 431 g/mol. The predicted octanol–water partition coefficient (Wildman–Crippen LogP) is 8.57. The smallest absolute Gasteiger partial charge is 0.159 e. The molecule has 166 valence electrons. The molecule has 0 amide bonds. The largest absolute Gasteiger partial charge is 0.206 e. The van der Waals surface area contributed by atoms with Gasteiger partial charge in [0.1, 0.15) is 11.6 Å². The number of hydrogen-bond acceptors (Lipinski definition) is 0. The van der Waals surface area contributed by atoms with Gasteiger partial charge in [-0.2, -0.15) is 0 Å². The minimum absolute atomic E-state index is 0.0143. The lowest BCUT2D eigenvalue weighted by atomic mass is 9.63. The fourth-order valence-corrected chi connectivity index (χ4v) is 5.81. The van der Waals surface area contributed by atoms with E-state index in [0.29, 0.717) is 11.5 Å². The van der Waals surface area contributed by atoms with E-state index in [1.54, 1.807) is 0 Å². The zero-order chi connectivity index (χ0) is 22.0. The molecule has 4 heteroatoms. The molecule has 4 atom stereocenters. The van der Waals surface area contributed by atoms with Crippen LogP contribution in [0, 0.1) is 41.0 Å². The second-order valence-corrected chi connectivity index (χ2v) is 9.34. The fourth-order valence-electron chi connectivity index (χ4n) is 5.81. The van der Waals surface area contributed by atoms with E-state index in [4.69, 9.17) is 0 Å². The van der Waals surface area contributed by atoms with E-state index in [-0.39, 0.29) is 17.0 Å². The molecule has 0 aliphatic heterocycles. The van der Waals surface area contributed by atoms with Crippen molar-refractivity contribution in [1.82, 2.24) is 0 Å². The molecule has 31 heavy (non-hydrogen) atoms. The van der Waals surface area contributed by atoms with E-state index in [9.17, 15) is 17.6 Å². The molecule has 2 aliphatic carbocycles. The van der Waals surface area contributed by atoms with E-state index >= 15 is 0 Å². The van der Waals surface area contributed by atoms with Crippen LogP contribution in [0.2, 0.25) is 0 Å². The summed E-state index contributed by atoms with van der Waals surface area (Å²) in [5, 5.41) is 0. The Hall–Kier alpha value is -2.10. The Bertz CT molecular complexity index is 925. The van der Waals surface area contributed by atoms with Gasteiger partial charge in [-0.25, -0.2) is 17.6 Å². The molecule has 0 nitrogen and oxygen atoms in total. The Morgan fingerprint density at radius 3 is 2.23 bits per heavy atom. The molecule has 2 aromatic rings. The molecular formula is C27H30F4. The summed E-state index contributed by atoms with van der Waals surface area (Å²) >= 11 is 0. The van der Waals surface area contributed by atoms with Crippen LogP contribution in [0.3, 0.4) is 0 Å². The summed E-state index contributed by atoms with van der Waals surface area (Å²) in [6, 6.07) is 5.74. The van der Waals surface area contributed by atoms with Crippen LogP contribution in [0.5, 0.6) is 0 Å². The fraction of sp³-hybridized carbons (Fsp3) is 0.481. The molecule has 0 aromatic heterocycles. The second-order valence-electron chi connectivity index (χ2n) is 9.34. The van der Waals surface area contributed by atoms with Gasteiger partial charge in [-0.1, -0.05) is 24.6 Å². The zero-order valence-corrected chi connectivity index (χ0v) is 18.0. The Morgan fingerprint density at radius 1 is 0.806 bits per heavy atom. The lowest BCUT2D eigenvalue weighted by molar-refractivity contribution is 0.115. The first-order valence-electron chi connectivity index (χ1n) is 11.5. The average Bonchev–Trinajstić information content (AvgIpc) is 2.75. The Balaban J connectivity index is 1.46. The highest BCUT2D eigenvalue weighted by Crippen LogP contribution is 2.48. The topological polar surface area (TPSA) is 0 Å². The minimum Gasteiger partial charge on any atom is -0.206 e. The van der Waals surface area contributed by atoms with Crippen LogP contribution >= 0.6 is 0 Å². The predicted molar refractivity (Wildman–Crippen MR) is 117 cm³/mol. The van der Waals surface area contributed by atoms with Gasteiger partial charge >= 0.3 is 0 Å². The van der Waals surface area contributed by atoms with Crippen LogP contribution in [0.15, 0.2) is 42.5 Å². The first-order chi connectivity index (χ1) is 15.0. The van der Waals surface area contributed by atoms with Gasteiger partial charge in [0, 0.05) is 0 Å². The highest BCUT2D eigenvalue weighted by Gasteiger charge is 2.36. The van der Waals surface area contributed by atoms with E-state index in [1.807, 2.05) is 0 Å². The van der Waals surface area contributed by atoms with Crippen molar-refractivity contribution in [3.8, 4) is 11.1 Å². The Labute approximate surface area is 182 Å². The van der Waals surface area contributed by atoms with Gasteiger partial charge < -0.3 is 0 Å². The van der Waals surface area contributed by atoms with Crippen molar-refractivity contribution in [2.75, 3.05) is 0 Å². The van der Waals surface area contributed by atoms with Crippen LogP contribution in [0.4, 0.5) is 17.6 Å². The van der Waals surface area contributed by atoms with Gasteiger partial charge in [-0.05, 0) is 111 Å². The van der Waals surface area contributed by atoms with Gasteiger partial charge in [0.25, 0.3) is 0 Å². The summed E-state index contributed by atoms with van der Waals surface area (Å²) in [7, 11) is 0. The molecule has 0 N–H and O–H groups in total. The molecule has 0 bridgehead atoms. The van der Waals surface area contributed by atoms with Crippen LogP contribution in [-0.2, 0) is 0 Å². The third-order valence-electron chi connectivity index (χ3n) is 7.44. The summed E-state index contributed by atoms with van der Waals surface area (Å²) in [4.78, 5) is 0. The van der Waals surface area contributed by atoms with Gasteiger partial charge in [0.2, 0.25) is 0 Å². The third-order valence-corrected chi connectivity index (χ3v) is 7.44. The van der Waals surface area contributed by atoms with Crippen molar-refractivity contribution in [3.63, 3.8) is 0 Å². The highest BCUT2D eigenvalue weighted by atomic mass is 19.2. The summed E-state index contributed by atoms with van der Waals surface area (Å²) < 4.78 is 56.4. The van der Waals surface area contributed by atoms with E-state index < -0.39 is 23.3 Å². The molecule has 2 saturated carbocycles. The van der Waals surface area contributed by atoms with Gasteiger partial charge in [0.15, 0.2) is 11.6 Å². The Kier molecular flexibility index (Phi) is 6.83. The molecule has 2 aliphatic rings. The van der Waals surface area contributed by atoms with Gasteiger partial charge in [-0.15, -0.1) is 0 Å². The maximum Gasteiger partial charge on any atom is 0.159 e. The molecule has 0 saturated heterocycles. The van der Waals surface area contributed by atoms with E-state index in [0.717, 1.165) is 49.7 Å². The number of halogens is 4. The van der Waals surface area contributed by atoms with Crippen molar-refractivity contribution in [2.45, 2.75) is 64.2 Å². The Morgan fingerprint density at radius 2 is 1.52 bits per heavy atom. The normalized spacial score (nSPS) is 26.2. The number of allylic oxidation sites excluding steroid dienone is 2. The highest BCUT2D eigenvalue weighted by molar-refractivity contribution is 5.65. The van der Waals surface area contributed by atoms with Crippen LogP contribution < -0.4 is 0 Å². The van der Waals surface area contributed by atoms with Crippen molar-refractivity contribution < 1.29 is 17.6 Å². The van der Waals surface area contributed by atoms with E-state index in [1.165, 1.54) is 43.9 Å². The summed E-state index contributed by atoms with van der Waals surface area (Å²) in [5.74, 6) is -1.24. The molecule has 2 aromatic carbocycles. The molecule has 2 fully saturated rings. The van der Waals surface area contributed by atoms with Crippen molar-refractivity contribution in [1.29, 1.82) is 0 Å². The third kappa shape index (κ3) is 4.88. The number of hydrogen-bond donors (Lipinski definition) is 0. The maximum absolute atomic E-state index is 14.9. The molecule has 0 heterocycles. The molecule has 0 spiro atoms. The second kappa shape index (κ2) is 9.58. The van der Waals surface area contributed by atoms with Crippen LogP contribution in [0.1, 0.15) is 69.8 Å². The van der Waals surface area contributed by atoms with Gasteiger partial charge in [0.05, 0.1) is 5.56 Å². The van der Waals surface area contributed by atoms with Crippen molar-refractivity contribution in [3.05, 3.63) is 71.3 Å². The SMILES string of the molecule is C/C=C/CCC1CCC2CC(c3cc(F)c(-c4ccc(F)c(F)c4)c(F)c3)CCC2C1. The van der Waals surface area contributed by atoms with Crippen LogP contribution in [-0.4, -0.2) is 0 Å². The monoisotopic (exact) mass is 430 g/mol. The van der Waals surface area contributed by atoms with E-state index in [2.05, 4.69) is 19.1 Å². The summed E-state index contributed by atoms with van der Waals surface area (Å²) in [5.41, 5.74) is 0.411. The van der Waals surface area contributed by atoms with Gasteiger partial charge in [-0.3, -0.25) is 0 Å². The first-order valence-corrected chi connectivity index (χ1v) is 11.5. The lowest BCUT2D eigenvalue weighted by Gasteiger charge is -2.42. The first kappa shape index (κ1) is 22.1. The number of fused-ring (bicyclic) bond motifs is 1. The molecule has 4 unspecified atom stereocenters. The summed E-state index contributed by atoms with van der Waals surface area (Å²) in [6.07, 6.45) is 13.6. The summed E-state index contributed by atoms with van der Waals surface area (Å²) in [6.45, 7) is 2.06. The standard InChI is InChI=1S/C27H30F4/c1-2-3-4-5-17-6-7-19-13-20(9-8-18(19)12-17)22-15-25(30)27(26(31)16-22)21-10-11-23(28)24(29)14-21/h2-3,10-11,14-20H,4-9,12-13H2,1H3/b3-2+. The molecular weight excluding hydrogens is 400 g/mol. The van der Waals surface area contributed by atoms with Crippen molar-refractivity contribution in [2.24, 2.45) is 17.8 Å². The number of benzene rings is 2.